The van der Waals surface area contributed by atoms with Gasteiger partial charge in [0, 0.05) is 43.3 Å². The van der Waals surface area contributed by atoms with E-state index in [1.807, 2.05) is 44.2 Å². The van der Waals surface area contributed by atoms with Gasteiger partial charge in [0.1, 0.15) is 0 Å². The summed E-state index contributed by atoms with van der Waals surface area (Å²) < 4.78 is 7.58. The molecule has 30 heavy (non-hydrogen) atoms. The van der Waals surface area contributed by atoms with Crippen LogP contribution in [0.3, 0.4) is 0 Å². The third-order valence-corrected chi connectivity index (χ3v) is 5.75. The summed E-state index contributed by atoms with van der Waals surface area (Å²) in [5.41, 5.74) is 6.22. The topological polar surface area (TPSA) is 46.5 Å². The molecule has 0 bridgehead atoms. The van der Waals surface area contributed by atoms with Crippen LogP contribution < -0.4 is 5.32 Å². The van der Waals surface area contributed by atoms with Crippen LogP contribution in [0.25, 0.3) is 5.69 Å². The van der Waals surface area contributed by atoms with Crippen molar-refractivity contribution in [2.24, 2.45) is 0 Å². The number of aryl methyl sites for hydroxylation is 1. The van der Waals surface area contributed by atoms with Crippen molar-refractivity contribution >= 4 is 5.91 Å². The van der Waals surface area contributed by atoms with E-state index in [0.29, 0.717) is 6.54 Å². The van der Waals surface area contributed by atoms with E-state index in [1.165, 1.54) is 5.56 Å². The summed E-state index contributed by atoms with van der Waals surface area (Å²) in [6, 6.07) is 20.5. The van der Waals surface area contributed by atoms with Crippen molar-refractivity contribution in [2.75, 3.05) is 26.3 Å². The van der Waals surface area contributed by atoms with E-state index < -0.39 is 0 Å². The van der Waals surface area contributed by atoms with Gasteiger partial charge in [0.15, 0.2) is 0 Å². The van der Waals surface area contributed by atoms with Crippen molar-refractivity contribution in [3.63, 3.8) is 0 Å². The summed E-state index contributed by atoms with van der Waals surface area (Å²) >= 11 is 0. The van der Waals surface area contributed by atoms with Gasteiger partial charge in [-0.1, -0.05) is 42.5 Å². The number of nitrogens with one attached hydrogen (secondary N) is 1. The lowest BCUT2D eigenvalue weighted by atomic mass is 10.1. The summed E-state index contributed by atoms with van der Waals surface area (Å²) in [6.45, 7) is 8.92. The maximum atomic E-state index is 13.0. The fourth-order valence-electron chi connectivity index (χ4n) is 4.12. The second kappa shape index (κ2) is 9.28. The number of ether oxygens (including phenoxy) is 1. The van der Waals surface area contributed by atoms with E-state index in [0.717, 1.165) is 61.1 Å². The normalized spacial score (nSPS) is 14.6. The molecule has 1 N–H and O–H groups in total. The predicted octanol–water partition coefficient (Wildman–Crippen LogP) is 3.86. The number of benzene rings is 2. The fourth-order valence-corrected chi connectivity index (χ4v) is 4.12. The van der Waals surface area contributed by atoms with E-state index in [9.17, 15) is 4.79 Å². The van der Waals surface area contributed by atoms with Gasteiger partial charge in [-0.2, -0.15) is 0 Å². The van der Waals surface area contributed by atoms with E-state index in [2.05, 4.69) is 45.1 Å². The molecule has 5 nitrogen and oxygen atoms in total. The maximum Gasteiger partial charge on any atom is 0.253 e. The average molecular weight is 404 g/mol. The Labute approximate surface area is 178 Å². The summed E-state index contributed by atoms with van der Waals surface area (Å²) in [4.78, 5) is 15.4. The van der Waals surface area contributed by atoms with E-state index in [4.69, 9.17) is 4.74 Å². The highest BCUT2D eigenvalue weighted by Gasteiger charge is 2.17. The molecule has 1 aliphatic rings. The quantitative estimate of drug-likeness (QED) is 0.680. The van der Waals surface area contributed by atoms with Crippen molar-refractivity contribution in [3.05, 3.63) is 88.7 Å². The lowest BCUT2D eigenvalue weighted by Crippen LogP contribution is -2.36. The van der Waals surface area contributed by atoms with Crippen LogP contribution in [0.4, 0.5) is 0 Å². The molecule has 2 aromatic carbocycles. The Hall–Kier alpha value is -2.89. The Morgan fingerprint density at radius 3 is 2.37 bits per heavy atom. The van der Waals surface area contributed by atoms with Gasteiger partial charge in [-0.3, -0.25) is 9.69 Å². The van der Waals surface area contributed by atoms with Crippen molar-refractivity contribution < 1.29 is 9.53 Å². The lowest BCUT2D eigenvalue weighted by Gasteiger charge is -2.27. The smallest absolute Gasteiger partial charge is 0.253 e. The van der Waals surface area contributed by atoms with Crippen LogP contribution in [0.2, 0.25) is 0 Å². The first-order valence-electron chi connectivity index (χ1n) is 10.5. The number of para-hydroxylation sites is 1. The highest BCUT2D eigenvalue weighted by molar-refractivity contribution is 5.95. The minimum absolute atomic E-state index is 0.0357. The molecule has 1 aromatic heterocycles. The molecule has 2 heterocycles. The number of carbonyl (C=O) groups excluding carboxylic acids is 1. The third-order valence-electron chi connectivity index (χ3n) is 5.75. The van der Waals surface area contributed by atoms with Crippen LogP contribution in [0.15, 0.2) is 60.7 Å². The largest absolute Gasteiger partial charge is 0.379 e. The van der Waals surface area contributed by atoms with E-state index in [1.54, 1.807) is 0 Å². The predicted molar refractivity (Wildman–Crippen MR) is 119 cm³/mol. The molecule has 0 radical (unpaired) electrons. The maximum absolute atomic E-state index is 13.0. The summed E-state index contributed by atoms with van der Waals surface area (Å²) in [5, 5.41) is 3.13. The molecule has 1 amide bonds. The number of morpholine rings is 1. The Balaban J connectivity index is 1.47. The molecule has 5 heteroatoms. The molecular formula is C25H29N3O2. The SMILES string of the molecule is Cc1cc(C(=O)NCc2ccccc2CN2CCOCC2)c(C)n1-c1ccccc1. The van der Waals surface area contributed by atoms with Gasteiger partial charge in [0.25, 0.3) is 5.91 Å². The number of rotatable bonds is 6. The van der Waals surface area contributed by atoms with E-state index >= 15 is 0 Å². The summed E-state index contributed by atoms with van der Waals surface area (Å²) in [6.07, 6.45) is 0. The second-order valence-corrected chi connectivity index (χ2v) is 7.80. The summed E-state index contributed by atoms with van der Waals surface area (Å²) in [7, 11) is 0. The van der Waals surface area contributed by atoms with Crippen LogP contribution in [0, 0.1) is 13.8 Å². The van der Waals surface area contributed by atoms with Crippen LogP contribution in [0.5, 0.6) is 0 Å². The molecule has 3 aromatic rings. The summed E-state index contributed by atoms with van der Waals surface area (Å²) in [5.74, 6) is -0.0357. The van der Waals surface area contributed by atoms with Crippen molar-refractivity contribution in [1.29, 1.82) is 0 Å². The third kappa shape index (κ3) is 4.48. The highest BCUT2D eigenvalue weighted by Crippen LogP contribution is 2.21. The molecule has 1 saturated heterocycles. The van der Waals surface area contributed by atoms with Gasteiger partial charge < -0.3 is 14.6 Å². The molecule has 4 rings (SSSR count). The van der Waals surface area contributed by atoms with E-state index in [-0.39, 0.29) is 5.91 Å². The Morgan fingerprint density at radius 2 is 1.63 bits per heavy atom. The number of hydrogen-bond acceptors (Lipinski definition) is 3. The Kier molecular flexibility index (Phi) is 6.31. The first kappa shape index (κ1) is 20.4. The molecule has 1 fully saturated rings. The number of nitrogens with zero attached hydrogens (tertiary/aromatic N) is 2. The van der Waals surface area contributed by atoms with Crippen LogP contribution in [-0.2, 0) is 17.8 Å². The number of amides is 1. The van der Waals surface area contributed by atoms with Gasteiger partial charge in [-0.25, -0.2) is 0 Å². The number of hydrogen-bond donors (Lipinski definition) is 1. The molecule has 0 spiro atoms. The Bertz CT molecular complexity index is 1000. The van der Waals surface area contributed by atoms with Crippen LogP contribution in [-0.4, -0.2) is 41.7 Å². The monoisotopic (exact) mass is 403 g/mol. The van der Waals surface area contributed by atoms with Crippen LogP contribution in [0.1, 0.15) is 32.9 Å². The zero-order chi connectivity index (χ0) is 20.9. The standard InChI is InChI=1S/C25H29N3O2/c1-19-16-24(20(2)28(19)23-10-4-3-5-11-23)25(29)26-17-21-8-6-7-9-22(21)18-27-12-14-30-15-13-27/h3-11,16H,12-15,17-18H2,1-2H3,(H,26,29). The zero-order valence-electron chi connectivity index (χ0n) is 17.7. The molecule has 1 aliphatic heterocycles. The molecule has 156 valence electrons. The van der Waals surface area contributed by atoms with Gasteiger partial charge >= 0.3 is 0 Å². The number of aromatic nitrogens is 1. The van der Waals surface area contributed by atoms with Crippen molar-refractivity contribution in [3.8, 4) is 5.69 Å². The molecule has 0 atom stereocenters. The molecule has 0 unspecified atom stereocenters. The minimum atomic E-state index is -0.0357. The number of carbonyl (C=O) groups is 1. The van der Waals surface area contributed by atoms with Gasteiger partial charge in [-0.05, 0) is 43.2 Å². The minimum Gasteiger partial charge on any atom is -0.379 e. The Morgan fingerprint density at radius 1 is 0.967 bits per heavy atom. The lowest BCUT2D eigenvalue weighted by molar-refractivity contribution is 0.0340. The van der Waals surface area contributed by atoms with Gasteiger partial charge in [0.05, 0.1) is 18.8 Å². The molecular weight excluding hydrogens is 374 g/mol. The zero-order valence-corrected chi connectivity index (χ0v) is 17.7. The first-order chi connectivity index (χ1) is 14.6. The molecule has 0 aliphatic carbocycles. The molecule has 0 saturated carbocycles. The fraction of sp³-hybridized carbons (Fsp3) is 0.320. The van der Waals surface area contributed by atoms with Gasteiger partial charge in [-0.15, -0.1) is 0 Å². The first-order valence-corrected chi connectivity index (χ1v) is 10.5. The van der Waals surface area contributed by atoms with Crippen molar-refractivity contribution in [2.45, 2.75) is 26.9 Å². The average Bonchev–Trinajstić information content (AvgIpc) is 3.08. The van der Waals surface area contributed by atoms with Gasteiger partial charge in [0.2, 0.25) is 0 Å². The van der Waals surface area contributed by atoms with Crippen LogP contribution >= 0.6 is 0 Å². The van der Waals surface area contributed by atoms with Crippen molar-refractivity contribution in [1.82, 2.24) is 14.8 Å². The second-order valence-electron chi connectivity index (χ2n) is 7.80. The highest BCUT2D eigenvalue weighted by atomic mass is 16.5.